The molecule has 0 amide bonds. The van der Waals surface area contributed by atoms with Crippen LogP contribution in [0.5, 0.6) is 0 Å². The van der Waals surface area contributed by atoms with Gasteiger partial charge in [-0.25, -0.2) is 0 Å². The van der Waals surface area contributed by atoms with Crippen molar-refractivity contribution in [3.8, 4) is 66.8 Å². The maximum atomic E-state index is 2.49. The third-order valence-electron chi connectivity index (χ3n) is 12.4. The normalized spacial score (nSPS) is 14.9. The molecule has 0 saturated heterocycles. The Bertz CT molecular complexity index is 2960. The van der Waals surface area contributed by atoms with Gasteiger partial charge >= 0.3 is 0 Å². The van der Waals surface area contributed by atoms with Crippen LogP contribution in [-0.4, -0.2) is 0 Å². The topological polar surface area (TPSA) is 3.24 Å². The number of para-hydroxylation sites is 1. The molecule has 56 heavy (non-hydrogen) atoms. The fraction of sp³-hybridized carbons (Fsp3) is 0.0182. The Morgan fingerprint density at radius 3 is 1.32 bits per heavy atom. The molecule has 3 aliphatic carbocycles. The van der Waals surface area contributed by atoms with Gasteiger partial charge in [-0.1, -0.05) is 176 Å². The van der Waals surface area contributed by atoms with Gasteiger partial charge in [-0.3, -0.25) is 0 Å². The summed E-state index contributed by atoms with van der Waals surface area (Å²) in [6, 6.07) is 78.3. The van der Waals surface area contributed by atoms with Crippen LogP contribution in [0.2, 0.25) is 0 Å². The summed E-state index contributed by atoms with van der Waals surface area (Å²) >= 11 is 0. The van der Waals surface area contributed by atoms with Gasteiger partial charge in [0.25, 0.3) is 0 Å². The van der Waals surface area contributed by atoms with Gasteiger partial charge in [0.05, 0.1) is 11.1 Å². The molecule has 0 aliphatic heterocycles. The van der Waals surface area contributed by atoms with Gasteiger partial charge in [0, 0.05) is 16.9 Å². The lowest BCUT2D eigenvalue weighted by Gasteiger charge is -2.28. The van der Waals surface area contributed by atoms with Gasteiger partial charge in [0.1, 0.15) is 0 Å². The van der Waals surface area contributed by atoms with Crippen LogP contribution in [0, 0.1) is 0 Å². The highest BCUT2D eigenvalue weighted by molar-refractivity contribution is 6.06. The molecule has 0 heterocycles. The minimum Gasteiger partial charge on any atom is -0.310 e. The van der Waals surface area contributed by atoms with Crippen molar-refractivity contribution in [2.45, 2.75) is 5.41 Å². The van der Waals surface area contributed by atoms with Gasteiger partial charge in [-0.2, -0.15) is 0 Å². The van der Waals surface area contributed by atoms with Gasteiger partial charge in [0.2, 0.25) is 0 Å². The lowest BCUT2D eigenvalue weighted by atomic mass is 9.73. The van der Waals surface area contributed by atoms with E-state index in [9.17, 15) is 0 Å². The van der Waals surface area contributed by atoms with Crippen LogP contribution >= 0.6 is 0 Å². The lowest BCUT2D eigenvalue weighted by Crippen LogP contribution is -2.23. The first kappa shape index (κ1) is 31.2. The minimum absolute atomic E-state index is 0.288. The van der Waals surface area contributed by atoms with Crippen molar-refractivity contribution >= 4 is 17.1 Å². The van der Waals surface area contributed by atoms with Crippen LogP contribution < -0.4 is 4.90 Å². The van der Waals surface area contributed by atoms with Crippen LogP contribution in [-0.2, 0) is 5.41 Å². The first-order chi connectivity index (χ1) is 27.8. The van der Waals surface area contributed by atoms with Crippen molar-refractivity contribution < 1.29 is 0 Å². The predicted octanol–water partition coefficient (Wildman–Crippen LogP) is 14.5. The van der Waals surface area contributed by atoms with Crippen LogP contribution in [0.15, 0.2) is 212 Å². The Morgan fingerprint density at radius 2 is 0.696 bits per heavy atom. The van der Waals surface area contributed by atoms with Crippen molar-refractivity contribution in [2.24, 2.45) is 0 Å². The molecule has 12 rings (SSSR count). The predicted molar refractivity (Wildman–Crippen MR) is 233 cm³/mol. The van der Waals surface area contributed by atoms with Crippen molar-refractivity contribution in [2.75, 3.05) is 4.90 Å². The second-order valence-electron chi connectivity index (χ2n) is 15.2. The van der Waals surface area contributed by atoms with E-state index in [1.165, 1.54) is 89.0 Å². The number of benzene rings is 9. The number of rotatable bonds is 6. The van der Waals surface area contributed by atoms with E-state index >= 15 is 0 Å². The Hall–Kier alpha value is -7.22. The Morgan fingerprint density at radius 1 is 0.268 bits per heavy atom. The molecule has 0 aromatic heterocycles. The van der Waals surface area contributed by atoms with E-state index in [2.05, 4.69) is 217 Å². The zero-order valence-electron chi connectivity index (χ0n) is 30.7. The molecule has 1 heteroatoms. The summed E-state index contributed by atoms with van der Waals surface area (Å²) in [6.45, 7) is 0. The molecule has 1 unspecified atom stereocenters. The quantitative estimate of drug-likeness (QED) is 0.166. The maximum Gasteiger partial charge on any atom is 0.0737 e. The average Bonchev–Trinajstić information content (AvgIpc) is 3.87. The summed E-state index contributed by atoms with van der Waals surface area (Å²) in [7, 11) is 0. The summed E-state index contributed by atoms with van der Waals surface area (Å²) in [5.74, 6) is 0. The van der Waals surface area contributed by atoms with E-state index in [1.807, 2.05) is 0 Å². The number of nitrogens with zero attached hydrogens (tertiary/aromatic N) is 1. The molecule has 0 saturated carbocycles. The third kappa shape index (κ3) is 4.26. The first-order valence-corrected chi connectivity index (χ1v) is 19.5. The molecule has 0 fully saturated rings. The first-order valence-electron chi connectivity index (χ1n) is 19.5. The van der Waals surface area contributed by atoms with E-state index in [0.29, 0.717) is 0 Å². The number of hydrogen-bond acceptors (Lipinski definition) is 1. The van der Waals surface area contributed by atoms with E-state index in [0.717, 1.165) is 17.1 Å². The molecule has 9 aromatic carbocycles. The van der Waals surface area contributed by atoms with E-state index in [1.54, 1.807) is 0 Å². The molecular weight excluding hydrogens is 675 g/mol. The highest BCUT2D eigenvalue weighted by Crippen LogP contribution is 2.70. The second kappa shape index (κ2) is 11.9. The van der Waals surface area contributed by atoms with Gasteiger partial charge in [-0.15, -0.1) is 0 Å². The van der Waals surface area contributed by atoms with Crippen molar-refractivity contribution in [3.05, 3.63) is 235 Å². The summed E-state index contributed by atoms with van der Waals surface area (Å²) in [5.41, 5.74) is 24.2. The van der Waals surface area contributed by atoms with E-state index in [-0.39, 0.29) is 5.41 Å². The number of fused-ring (bicyclic) bond motifs is 5. The van der Waals surface area contributed by atoms with Crippen LogP contribution in [0.3, 0.4) is 0 Å². The van der Waals surface area contributed by atoms with Crippen LogP contribution in [0.25, 0.3) is 66.8 Å². The zero-order valence-corrected chi connectivity index (χ0v) is 30.7. The number of anilines is 3. The summed E-state index contributed by atoms with van der Waals surface area (Å²) < 4.78 is 0. The maximum absolute atomic E-state index is 2.49. The molecule has 260 valence electrons. The molecular formula is C55H35N. The molecule has 0 bridgehead atoms. The van der Waals surface area contributed by atoms with Gasteiger partial charge in [0.15, 0.2) is 0 Å². The molecule has 1 nitrogen and oxygen atoms in total. The van der Waals surface area contributed by atoms with Crippen molar-refractivity contribution in [1.82, 2.24) is 0 Å². The largest absolute Gasteiger partial charge is 0.310 e. The molecule has 1 atom stereocenters. The highest BCUT2D eigenvalue weighted by atomic mass is 15.1. The fourth-order valence-electron chi connectivity index (χ4n) is 10.1. The second-order valence-corrected chi connectivity index (χ2v) is 15.2. The SMILES string of the molecule is c1ccc(-c2ccc(N(c3ccc(-c4ccc5c(c4)C46c7ccccc7-c7cccc(c74)-c4cccc-5c46)cc3)c3ccccc3-c3ccccc3)cc2)cc1. The van der Waals surface area contributed by atoms with Gasteiger partial charge < -0.3 is 4.90 Å². The van der Waals surface area contributed by atoms with Gasteiger partial charge in [-0.05, 0) is 120 Å². The zero-order chi connectivity index (χ0) is 36.8. The Kier molecular flexibility index (Phi) is 6.62. The summed E-state index contributed by atoms with van der Waals surface area (Å²) in [5, 5.41) is 0. The van der Waals surface area contributed by atoms with E-state index < -0.39 is 0 Å². The lowest BCUT2D eigenvalue weighted by molar-refractivity contribution is 0.818. The van der Waals surface area contributed by atoms with Crippen molar-refractivity contribution in [3.63, 3.8) is 0 Å². The molecule has 0 radical (unpaired) electrons. The summed E-state index contributed by atoms with van der Waals surface area (Å²) in [6.07, 6.45) is 0. The minimum atomic E-state index is -0.288. The summed E-state index contributed by atoms with van der Waals surface area (Å²) in [4.78, 5) is 2.40. The fourth-order valence-corrected chi connectivity index (χ4v) is 10.1. The monoisotopic (exact) mass is 709 g/mol. The van der Waals surface area contributed by atoms with Crippen molar-refractivity contribution in [1.29, 1.82) is 0 Å². The highest BCUT2D eigenvalue weighted by Gasteiger charge is 2.57. The standard InChI is InChI=1S/C55H35N/c1-3-13-36(14-4-1)37-25-30-41(31-26-37)56(52-24-10-8-17-43(52)39-15-5-2-6-16-39)42-32-27-38(28-33-42)40-29-34-45-47-20-12-22-49-48-21-11-19-46-44-18-7-9-23-50(44)55(53(46)48,54(47)49)51(45)35-40/h1-35H. The average molecular weight is 710 g/mol. The molecule has 3 aliphatic rings. The Balaban J connectivity index is 0.993. The number of hydrogen-bond donors (Lipinski definition) is 0. The van der Waals surface area contributed by atoms with Crippen LogP contribution in [0.4, 0.5) is 17.1 Å². The third-order valence-corrected chi connectivity index (χ3v) is 12.4. The van der Waals surface area contributed by atoms with E-state index in [4.69, 9.17) is 0 Å². The molecule has 1 spiro atoms. The molecule has 0 N–H and O–H groups in total. The smallest absolute Gasteiger partial charge is 0.0737 e. The molecule has 9 aromatic rings. The van der Waals surface area contributed by atoms with Crippen LogP contribution in [0.1, 0.15) is 22.3 Å². The Labute approximate surface area is 327 Å².